The van der Waals surface area contributed by atoms with Crippen molar-refractivity contribution in [1.29, 1.82) is 0 Å². The maximum absolute atomic E-state index is 12.8. The molecule has 0 saturated carbocycles. The van der Waals surface area contributed by atoms with Gasteiger partial charge >= 0.3 is 0 Å². The molecule has 0 aromatic heterocycles. The molecular weight excluding hydrogens is 338 g/mol. The summed E-state index contributed by atoms with van der Waals surface area (Å²) in [6.07, 6.45) is 0. The molecule has 0 bridgehead atoms. The Morgan fingerprint density at radius 3 is 2.00 bits per heavy atom. The van der Waals surface area contributed by atoms with Gasteiger partial charge in [-0.1, -0.05) is 62.4 Å². The summed E-state index contributed by atoms with van der Waals surface area (Å²) in [4.78, 5) is 26.4. The molecule has 0 aliphatic heterocycles. The number of amides is 2. The predicted molar refractivity (Wildman–Crippen MR) is 108 cm³/mol. The quantitative estimate of drug-likeness (QED) is 0.660. The first-order chi connectivity index (χ1) is 12.9. The summed E-state index contributed by atoms with van der Waals surface area (Å²) in [5.74, 6) is -0.404. The third-order valence-electron chi connectivity index (χ3n) is 4.65. The standard InChI is InChI=1S/C22H29N3O2/c1-16(2)20(24-21(26)18-13-9-6-10-14-18)22(27)23-15-19(25(3)4)17-11-7-5-8-12-17/h5-14,16,19-20H,15H2,1-4H3,(H,23,27)(H,24,26)/p+1/t19-,20-/m1/s1. The minimum Gasteiger partial charge on any atom is -0.348 e. The molecule has 2 amide bonds. The first kappa shape index (κ1) is 20.6. The highest BCUT2D eigenvalue weighted by Crippen LogP contribution is 2.09. The predicted octanol–water partition coefficient (Wildman–Crippen LogP) is 1.44. The number of hydrogen-bond donors (Lipinski definition) is 3. The Labute approximate surface area is 161 Å². The maximum atomic E-state index is 12.8. The number of rotatable bonds is 8. The Balaban J connectivity index is 2.03. The van der Waals surface area contributed by atoms with Gasteiger partial charge in [-0.05, 0) is 18.1 Å². The second-order valence-electron chi connectivity index (χ2n) is 7.35. The van der Waals surface area contributed by atoms with Crippen molar-refractivity contribution in [2.45, 2.75) is 25.9 Å². The summed E-state index contributed by atoms with van der Waals surface area (Å²) in [5.41, 5.74) is 1.73. The Bertz CT molecular complexity index is 730. The number of carbonyl (C=O) groups is 2. The van der Waals surface area contributed by atoms with Gasteiger partial charge in [-0.3, -0.25) is 9.59 Å². The van der Waals surface area contributed by atoms with E-state index in [-0.39, 0.29) is 23.8 Å². The van der Waals surface area contributed by atoms with E-state index < -0.39 is 6.04 Å². The zero-order valence-electron chi connectivity index (χ0n) is 16.5. The van der Waals surface area contributed by atoms with Crippen molar-refractivity contribution >= 4 is 11.8 Å². The summed E-state index contributed by atoms with van der Waals surface area (Å²) < 4.78 is 0. The van der Waals surface area contributed by atoms with Crippen LogP contribution in [0.3, 0.4) is 0 Å². The topological polar surface area (TPSA) is 62.6 Å². The number of benzene rings is 2. The van der Waals surface area contributed by atoms with Crippen LogP contribution in [-0.2, 0) is 4.79 Å². The summed E-state index contributed by atoms with van der Waals surface area (Å²) in [6, 6.07) is 18.7. The maximum Gasteiger partial charge on any atom is 0.251 e. The van der Waals surface area contributed by atoms with Gasteiger partial charge in [-0.2, -0.15) is 0 Å². The van der Waals surface area contributed by atoms with Gasteiger partial charge in [0, 0.05) is 11.1 Å². The lowest BCUT2D eigenvalue weighted by atomic mass is 10.0. The van der Waals surface area contributed by atoms with Crippen molar-refractivity contribution in [2.24, 2.45) is 5.92 Å². The average molecular weight is 369 g/mol. The zero-order valence-corrected chi connectivity index (χ0v) is 16.5. The molecule has 144 valence electrons. The Morgan fingerprint density at radius 1 is 0.926 bits per heavy atom. The Morgan fingerprint density at radius 2 is 1.48 bits per heavy atom. The van der Waals surface area contributed by atoms with E-state index in [4.69, 9.17) is 0 Å². The summed E-state index contributed by atoms with van der Waals surface area (Å²) in [5, 5.41) is 5.89. The fourth-order valence-corrected chi connectivity index (χ4v) is 3.00. The van der Waals surface area contributed by atoms with E-state index in [1.807, 2.05) is 50.2 Å². The summed E-state index contributed by atoms with van der Waals surface area (Å²) in [7, 11) is 4.14. The van der Waals surface area contributed by atoms with E-state index >= 15 is 0 Å². The molecule has 5 nitrogen and oxygen atoms in total. The van der Waals surface area contributed by atoms with Gasteiger partial charge in [0.25, 0.3) is 5.91 Å². The molecule has 5 heteroatoms. The van der Waals surface area contributed by atoms with Gasteiger partial charge < -0.3 is 15.5 Å². The highest BCUT2D eigenvalue weighted by Gasteiger charge is 2.26. The number of hydrogen-bond acceptors (Lipinski definition) is 2. The number of quaternary nitrogens is 1. The SMILES string of the molecule is CC(C)[C@@H](NC(=O)c1ccccc1)C(=O)NC[C@H](c1ccccc1)[NH+](C)C. The lowest BCUT2D eigenvalue weighted by Gasteiger charge is -2.25. The van der Waals surface area contributed by atoms with Gasteiger partial charge in [0.15, 0.2) is 0 Å². The van der Waals surface area contributed by atoms with Crippen LogP contribution in [0, 0.1) is 5.92 Å². The van der Waals surface area contributed by atoms with E-state index in [0.29, 0.717) is 12.1 Å². The van der Waals surface area contributed by atoms with Crippen molar-refractivity contribution < 1.29 is 14.5 Å². The van der Waals surface area contributed by atoms with E-state index in [1.165, 1.54) is 10.5 Å². The Hall–Kier alpha value is -2.66. The first-order valence-electron chi connectivity index (χ1n) is 9.38. The lowest BCUT2D eigenvalue weighted by molar-refractivity contribution is -0.890. The molecule has 3 N–H and O–H groups in total. The van der Waals surface area contributed by atoms with Gasteiger partial charge in [-0.15, -0.1) is 0 Å². The van der Waals surface area contributed by atoms with Crippen LogP contribution in [0.1, 0.15) is 35.8 Å². The normalized spacial score (nSPS) is 13.3. The molecular formula is C22H30N3O2+. The lowest BCUT2D eigenvalue weighted by Crippen LogP contribution is -3.07. The van der Waals surface area contributed by atoms with E-state index in [0.717, 1.165) is 0 Å². The molecule has 0 aliphatic carbocycles. The molecule has 0 heterocycles. The van der Waals surface area contributed by atoms with E-state index in [1.54, 1.807) is 12.1 Å². The molecule has 2 aromatic rings. The average Bonchev–Trinajstić information content (AvgIpc) is 2.67. The molecule has 0 fully saturated rings. The van der Waals surface area contributed by atoms with Crippen molar-refractivity contribution in [3.05, 3.63) is 71.8 Å². The minimum absolute atomic E-state index is 0.0143. The molecule has 0 saturated heterocycles. The van der Waals surface area contributed by atoms with Crippen molar-refractivity contribution in [1.82, 2.24) is 10.6 Å². The van der Waals surface area contributed by atoms with Crippen LogP contribution in [0.5, 0.6) is 0 Å². The van der Waals surface area contributed by atoms with Gasteiger partial charge in [0.05, 0.1) is 20.6 Å². The second kappa shape index (κ2) is 9.88. The van der Waals surface area contributed by atoms with Gasteiger partial charge in [0.2, 0.25) is 5.91 Å². The molecule has 0 radical (unpaired) electrons. The molecule has 0 unspecified atom stereocenters. The highest BCUT2D eigenvalue weighted by atomic mass is 16.2. The third-order valence-corrected chi connectivity index (χ3v) is 4.65. The minimum atomic E-state index is -0.578. The number of likely N-dealkylation sites (N-methyl/N-ethyl adjacent to an activating group) is 1. The van der Waals surface area contributed by atoms with Crippen molar-refractivity contribution in [3.8, 4) is 0 Å². The van der Waals surface area contributed by atoms with Crippen LogP contribution >= 0.6 is 0 Å². The van der Waals surface area contributed by atoms with Crippen molar-refractivity contribution in [3.63, 3.8) is 0 Å². The Kier molecular flexibility index (Phi) is 7.55. The fourth-order valence-electron chi connectivity index (χ4n) is 3.00. The van der Waals surface area contributed by atoms with Crippen LogP contribution in [0.25, 0.3) is 0 Å². The molecule has 0 aliphatic rings. The highest BCUT2D eigenvalue weighted by molar-refractivity contribution is 5.97. The largest absolute Gasteiger partial charge is 0.348 e. The zero-order chi connectivity index (χ0) is 19.8. The van der Waals surface area contributed by atoms with E-state index in [9.17, 15) is 9.59 Å². The number of nitrogens with one attached hydrogen (secondary N) is 3. The molecule has 0 spiro atoms. The van der Waals surface area contributed by atoms with Gasteiger partial charge in [-0.25, -0.2) is 0 Å². The van der Waals surface area contributed by atoms with Crippen LogP contribution in [0.4, 0.5) is 0 Å². The van der Waals surface area contributed by atoms with Crippen LogP contribution in [0.15, 0.2) is 60.7 Å². The summed E-state index contributed by atoms with van der Waals surface area (Å²) >= 11 is 0. The van der Waals surface area contributed by atoms with Crippen LogP contribution in [-0.4, -0.2) is 38.5 Å². The summed E-state index contributed by atoms with van der Waals surface area (Å²) in [6.45, 7) is 4.37. The van der Waals surface area contributed by atoms with Crippen LogP contribution in [0.2, 0.25) is 0 Å². The first-order valence-corrected chi connectivity index (χ1v) is 9.38. The number of carbonyl (C=O) groups excluding carboxylic acids is 2. The van der Waals surface area contributed by atoms with E-state index in [2.05, 4.69) is 36.9 Å². The molecule has 2 atom stereocenters. The van der Waals surface area contributed by atoms with Crippen molar-refractivity contribution in [2.75, 3.05) is 20.6 Å². The second-order valence-corrected chi connectivity index (χ2v) is 7.35. The third kappa shape index (κ3) is 5.93. The fraction of sp³-hybridized carbons (Fsp3) is 0.364. The monoisotopic (exact) mass is 368 g/mol. The van der Waals surface area contributed by atoms with Crippen LogP contribution < -0.4 is 15.5 Å². The molecule has 27 heavy (non-hydrogen) atoms. The smallest absolute Gasteiger partial charge is 0.251 e. The molecule has 2 aromatic carbocycles. The van der Waals surface area contributed by atoms with Gasteiger partial charge in [0.1, 0.15) is 12.1 Å². The molecule has 2 rings (SSSR count).